The van der Waals surface area contributed by atoms with Crippen LogP contribution in [0.4, 0.5) is 0 Å². The van der Waals surface area contributed by atoms with Crippen LogP contribution in [0.2, 0.25) is 0 Å². The van der Waals surface area contributed by atoms with E-state index < -0.39 is 0 Å². The van der Waals surface area contributed by atoms with E-state index in [0.717, 1.165) is 17.7 Å². The molecule has 0 heterocycles. The third-order valence-corrected chi connectivity index (χ3v) is 4.37. The van der Waals surface area contributed by atoms with Crippen molar-refractivity contribution in [1.82, 2.24) is 5.32 Å². The zero-order valence-electron chi connectivity index (χ0n) is 15.4. The van der Waals surface area contributed by atoms with Crippen LogP contribution in [0.5, 0.6) is 5.75 Å². The third-order valence-electron chi connectivity index (χ3n) is 4.37. The second-order valence-electron chi connectivity index (χ2n) is 6.53. The summed E-state index contributed by atoms with van der Waals surface area (Å²) in [6, 6.07) is 18.6. The largest absolute Gasteiger partial charge is 0.496 e. The van der Waals surface area contributed by atoms with Crippen LogP contribution in [0, 0.1) is 5.92 Å². The van der Waals surface area contributed by atoms with Crippen molar-refractivity contribution in [1.29, 1.82) is 0 Å². The van der Waals surface area contributed by atoms with Gasteiger partial charge in [0.1, 0.15) is 11.8 Å². The predicted octanol–water partition coefficient (Wildman–Crippen LogP) is 2.31. The number of carbonyl (C=O) groups excluding carboxylic acids is 1. The van der Waals surface area contributed by atoms with Gasteiger partial charge in [0.2, 0.25) is 0 Å². The number of para-hydroxylation sites is 1. The van der Waals surface area contributed by atoms with Crippen LogP contribution in [0.1, 0.15) is 31.0 Å². The highest BCUT2D eigenvalue weighted by Gasteiger charge is 2.20. The van der Waals surface area contributed by atoms with E-state index in [1.54, 1.807) is 7.11 Å². The van der Waals surface area contributed by atoms with E-state index in [-0.39, 0.29) is 5.91 Å². The lowest BCUT2D eigenvalue weighted by Crippen LogP contribution is -2.88. The molecule has 4 nitrogen and oxygen atoms in total. The number of carbonyl (C=O) groups is 1. The zero-order chi connectivity index (χ0) is 18.1. The van der Waals surface area contributed by atoms with Crippen molar-refractivity contribution in [3.63, 3.8) is 0 Å². The van der Waals surface area contributed by atoms with Crippen LogP contribution in [0.15, 0.2) is 54.6 Å². The summed E-state index contributed by atoms with van der Waals surface area (Å²) >= 11 is 0. The third kappa shape index (κ3) is 5.91. The molecule has 0 saturated carbocycles. The van der Waals surface area contributed by atoms with Crippen LogP contribution in [-0.4, -0.2) is 26.1 Å². The fraction of sp³-hybridized carbons (Fsp3) is 0.381. The van der Waals surface area contributed by atoms with Crippen LogP contribution in [0.3, 0.4) is 0 Å². The number of hydrogen-bond acceptors (Lipinski definition) is 2. The van der Waals surface area contributed by atoms with Gasteiger partial charge in [0, 0.05) is 18.0 Å². The van der Waals surface area contributed by atoms with Gasteiger partial charge in [0.25, 0.3) is 5.91 Å². The number of ether oxygens (including phenoxy) is 1. The maximum atomic E-state index is 12.2. The highest BCUT2D eigenvalue weighted by Crippen LogP contribution is 2.17. The van der Waals surface area contributed by atoms with Crippen molar-refractivity contribution in [2.45, 2.75) is 26.3 Å². The highest BCUT2D eigenvalue weighted by molar-refractivity contribution is 5.76. The number of quaternary nitrogens is 1. The standard InChI is InChI=1S/C21H28N2O2/c1-16(2)21(18-10-5-4-6-11-18)23-15-20(24)22-14-13-17-9-7-8-12-19(17)25-3/h4-12,16,21,23H,13-15H2,1-3H3,(H,22,24)/p+1/t21-/m0/s1. The molecule has 0 radical (unpaired) electrons. The van der Waals surface area contributed by atoms with Crippen LogP contribution < -0.4 is 15.4 Å². The molecular weight excluding hydrogens is 312 g/mol. The van der Waals surface area contributed by atoms with Gasteiger partial charge in [-0.2, -0.15) is 0 Å². The summed E-state index contributed by atoms with van der Waals surface area (Å²) in [5, 5.41) is 5.13. The van der Waals surface area contributed by atoms with E-state index >= 15 is 0 Å². The molecule has 0 aliphatic heterocycles. The first-order chi connectivity index (χ1) is 12.1. The molecule has 134 valence electrons. The Morgan fingerprint density at radius 3 is 2.44 bits per heavy atom. The Bertz CT molecular complexity index is 656. The lowest BCUT2D eigenvalue weighted by molar-refractivity contribution is -0.692. The van der Waals surface area contributed by atoms with E-state index in [1.165, 1.54) is 5.56 Å². The average Bonchev–Trinajstić information content (AvgIpc) is 2.63. The number of nitrogens with one attached hydrogen (secondary N) is 1. The molecule has 0 unspecified atom stereocenters. The summed E-state index contributed by atoms with van der Waals surface area (Å²) in [4.78, 5) is 12.2. The van der Waals surface area contributed by atoms with Crippen molar-refractivity contribution >= 4 is 5.91 Å². The maximum Gasteiger partial charge on any atom is 0.275 e. The number of benzene rings is 2. The maximum absolute atomic E-state index is 12.2. The summed E-state index contributed by atoms with van der Waals surface area (Å²) in [5.41, 5.74) is 2.37. The van der Waals surface area contributed by atoms with E-state index in [4.69, 9.17) is 4.74 Å². The summed E-state index contributed by atoms with van der Waals surface area (Å²) < 4.78 is 5.34. The first kappa shape index (κ1) is 19.0. The topological polar surface area (TPSA) is 54.9 Å². The monoisotopic (exact) mass is 341 g/mol. The van der Waals surface area contributed by atoms with Gasteiger partial charge in [0.05, 0.1) is 7.11 Å². The fourth-order valence-electron chi connectivity index (χ4n) is 3.02. The average molecular weight is 341 g/mol. The van der Waals surface area contributed by atoms with Gasteiger partial charge in [0.15, 0.2) is 6.54 Å². The second-order valence-corrected chi connectivity index (χ2v) is 6.53. The fourth-order valence-corrected chi connectivity index (χ4v) is 3.02. The summed E-state index contributed by atoms with van der Waals surface area (Å²) in [7, 11) is 1.67. The van der Waals surface area contributed by atoms with Crippen molar-refractivity contribution in [2.75, 3.05) is 20.2 Å². The van der Waals surface area contributed by atoms with Gasteiger partial charge in [-0.15, -0.1) is 0 Å². The zero-order valence-corrected chi connectivity index (χ0v) is 15.4. The Morgan fingerprint density at radius 2 is 1.76 bits per heavy atom. The molecule has 1 atom stereocenters. The van der Waals surface area contributed by atoms with Gasteiger partial charge in [-0.25, -0.2) is 0 Å². The van der Waals surface area contributed by atoms with Crippen LogP contribution >= 0.6 is 0 Å². The molecule has 2 aromatic carbocycles. The Morgan fingerprint density at radius 1 is 1.08 bits per heavy atom. The lowest BCUT2D eigenvalue weighted by atomic mass is 9.96. The Balaban J connectivity index is 1.79. The molecule has 0 bridgehead atoms. The number of rotatable bonds is 9. The molecule has 0 aliphatic rings. The molecule has 0 fully saturated rings. The van der Waals surface area contributed by atoms with E-state index in [9.17, 15) is 4.79 Å². The minimum Gasteiger partial charge on any atom is -0.496 e. The molecule has 0 saturated heterocycles. The van der Waals surface area contributed by atoms with E-state index in [2.05, 4.69) is 36.6 Å². The van der Waals surface area contributed by atoms with Gasteiger partial charge in [-0.05, 0) is 18.1 Å². The minimum atomic E-state index is 0.0662. The Hall–Kier alpha value is -2.33. The van der Waals surface area contributed by atoms with Crippen molar-refractivity contribution in [3.05, 3.63) is 65.7 Å². The number of nitrogens with two attached hydrogens (primary N) is 1. The predicted molar refractivity (Wildman–Crippen MR) is 101 cm³/mol. The van der Waals surface area contributed by atoms with Crippen LogP contribution in [0.25, 0.3) is 0 Å². The SMILES string of the molecule is COc1ccccc1CCNC(=O)C[NH2+][C@H](c1ccccc1)C(C)C. The summed E-state index contributed by atoms with van der Waals surface area (Å²) in [6.45, 7) is 5.43. The second kappa shape index (κ2) is 9.84. The summed E-state index contributed by atoms with van der Waals surface area (Å²) in [5.74, 6) is 1.40. The van der Waals surface area contributed by atoms with Crippen molar-refractivity contribution < 1.29 is 14.8 Å². The van der Waals surface area contributed by atoms with Crippen molar-refractivity contribution in [3.8, 4) is 5.75 Å². The van der Waals surface area contributed by atoms with Gasteiger partial charge in [-0.3, -0.25) is 4.79 Å². The minimum absolute atomic E-state index is 0.0662. The molecule has 1 amide bonds. The quantitative estimate of drug-likeness (QED) is 0.735. The first-order valence-corrected chi connectivity index (χ1v) is 8.88. The number of methoxy groups -OCH3 is 1. The smallest absolute Gasteiger partial charge is 0.275 e. The lowest BCUT2D eigenvalue weighted by Gasteiger charge is -2.19. The molecule has 3 N–H and O–H groups in total. The summed E-state index contributed by atoms with van der Waals surface area (Å²) in [6.07, 6.45) is 0.766. The van der Waals surface area contributed by atoms with Gasteiger partial charge in [-0.1, -0.05) is 62.4 Å². The number of hydrogen-bond donors (Lipinski definition) is 2. The van der Waals surface area contributed by atoms with Gasteiger partial charge >= 0.3 is 0 Å². The van der Waals surface area contributed by atoms with Gasteiger partial charge < -0.3 is 15.4 Å². The van der Waals surface area contributed by atoms with E-state index in [0.29, 0.717) is 25.0 Å². The normalized spacial score (nSPS) is 12.0. The molecule has 0 spiro atoms. The van der Waals surface area contributed by atoms with E-state index in [1.807, 2.05) is 42.5 Å². The molecule has 25 heavy (non-hydrogen) atoms. The molecule has 2 aromatic rings. The number of amides is 1. The highest BCUT2D eigenvalue weighted by atomic mass is 16.5. The molecule has 2 rings (SSSR count). The Labute approximate surface area is 150 Å². The molecule has 4 heteroatoms. The molecule has 0 aromatic heterocycles. The molecular formula is C21H29N2O2+. The Kier molecular flexibility index (Phi) is 7.48. The first-order valence-electron chi connectivity index (χ1n) is 8.88. The molecule has 0 aliphatic carbocycles. The van der Waals surface area contributed by atoms with Crippen molar-refractivity contribution in [2.24, 2.45) is 5.92 Å². The van der Waals surface area contributed by atoms with Crippen LogP contribution in [-0.2, 0) is 11.2 Å².